The summed E-state index contributed by atoms with van der Waals surface area (Å²) in [6.45, 7) is 2.47. The van der Waals surface area contributed by atoms with E-state index in [2.05, 4.69) is 167 Å². The van der Waals surface area contributed by atoms with Gasteiger partial charge in [-0.25, -0.2) is 9.13 Å². The number of esters is 3. The number of hydrogen-bond donors (Lipinski definition) is 4. The zero-order chi connectivity index (χ0) is 79.4. The minimum atomic E-state index is -4.94. The molecule has 0 aliphatic carbocycles. The van der Waals surface area contributed by atoms with Crippen molar-refractivity contribution in [1.29, 1.82) is 0 Å². The summed E-state index contributed by atoms with van der Waals surface area (Å²) in [6, 6.07) is 0. The molecule has 0 heterocycles. The lowest BCUT2D eigenvalue weighted by Gasteiger charge is -2.21. The van der Waals surface area contributed by atoms with Crippen LogP contribution in [0.3, 0.4) is 0 Å². The lowest BCUT2D eigenvalue weighted by atomic mass is 10.0. The molecule has 0 aromatic rings. The van der Waals surface area contributed by atoms with Gasteiger partial charge in [-0.05, 0) is 141 Å². The molecular weight excluding hydrogens is 1410 g/mol. The van der Waals surface area contributed by atoms with Crippen LogP contribution < -0.4 is 0 Å². The van der Waals surface area contributed by atoms with Gasteiger partial charge in [0, 0.05) is 19.3 Å². The third-order valence-electron chi connectivity index (χ3n) is 18.0. The SMILES string of the molecule is CC/C=C\C/C=C\C/C=C\C/C=C\C/C=C\C/C=C\CCCCCCCCCCC(=O)OCC(COP(=O)(O)OCC(O)COP(=O)(O)OCC(O)COC(=O)CCCCCCCCCCCCCCCCCCC/C=C\C/C=C\C/C=C\C/C=C\CCCCC)OC(=O)CCCCCCC/C=C\C/C=C\CCC. The van der Waals surface area contributed by atoms with Crippen molar-refractivity contribution in [2.75, 3.05) is 39.6 Å². The van der Waals surface area contributed by atoms with Crippen LogP contribution in [0.25, 0.3) is 0 Å². The van der Waals surface area contributed by atoms with Gasteiger partial charge in [-0.15, -0.1) is 0 Å². The van der Waals surface area contributed by atoms with Gasteiger partial charge in [0.25, 0.3) is 0 Å². The molecule has 0 spiro atoms. The van der Waals surface area contributed by atoms with Gasteiger partial charge in [0.2, 0.25) is 0 Å². The van der Waals surface area contributed by atoms with Crippen molar-refractivity contribution in [3.63, 3.8) is 0 Å². The highest BCUT2D eigenvalue weighted by Crippen LogP contribution is 2.45. The highest BCUT2D eigenvalue weighted by atomic mass is 31.2. The van der Waals surface area contributed by atoms with Gasteiger partial charge >= 0.3 is 33.6 Å². The van der Waals surface area contributed by atoms with Crippen LogP contribution in [-0.4, -0.2) is 95.9 Å². The maximum Gasteiger partial charge on any atom is 0.472 e. The first-order valence-corrected chi connectivity index (χ1v) is 46.1. The third kappa shape index (κ3) is 84.2. The molecule has 626 valence electrons. The molecule has 0 fully saturated rings. The van der Waals surface area contributed by atoms with E-state index < -0.39 is 91.5 Å². The Morgan fingerprint density at radius 1 is 0.266 bits per heavy atom. The minimum absolute atomic E-state index is 0.0833. The minimum Gasteiger partial charge on any atom is -0.463 e. The van der Waals surface area contributed by atoms with Gasteiger partial charge in [-0.1, -0.05) is 340 Å². The van der Waals surface area contributed by atoms with Crippen molar-refractivity contribution in [2.45, 2.75) is 373 Å². The summed E-state index contributed by atoms with van der Waals surface area (Å²) in [5.74, 6) is -1.60. The second kappa shape index (κ2) is 82.9. The number of hydrogen-bond acceptors (Lipinski definition) is 14. The highest BCUT2D eigenvalue weighted by Gasteiger charge is 2.29. The van der Waals surface area contributed by atoms with Gasteiger partial charge in [-0.2, -0.15) is 0 Å². The summed E-state index contributed by atoms with van der Waals surface area (Å²) in [6.07, 6.45) is 103. The number of allylic oxidation sites excluding steroid dienone is 24. The molecule has 0 aliphatic rings. The van der Waals surface area contributed by atoms with E-state index in [0.29, 0.717) is 19.3 Å². The number of carbonyl (C=O) groups is 3. The predicted molar refractivity (Wildman–Crippen MR) is 454 cm³/mol. The summed E-state index contributed by atoms with van der Waals surface area (Å²) in [5.41, 5.74) is 0. The fraction of sp³-hybridized carbons (Fsp3) is 0.703. The second-order valence-electron chi connectivity index (χ2n) is 28.6. The fourth-order valence-electron chi connectivity index (χ4n) is 11.5. The Hall–Kier alpha value is -4.57. The van der Waals surface area contributed by atoms with Gasteiger partial charge in [0.15, 0.2) is 6.10 Å². The molecule has 0 aliphatic heterocycles. The van der Waals surface area contributed by atoms with E-state index in [0.717, 1.165) is 167 Å². The van der Waals surface area contributed by atoms with E-state index in [9.17, 15) is 43.5 Å². The number of phosphoric acid groups is 2. The summed E-state index contributed by atoms with van der Waals surface area (Å²) in [7, 11) is -9.80. The summed E-state index contributed by atoms with van der Waals surface area (Å²) in [4.78, 5) is 58.7. The number of unbranched alkanes of at least 4 members (excludes halogenated alkanes) is 34. The molecule has 0 amide bonds. The molecule has 0 radical (unpaired) electrons. The quantitative estimate of drug-likeness (QED) is 0.0146. The zero-order valence-corrected chi connectivity index (χ0v) is 70.5. The highest BCUT2D eigenvalue weighted by molar-refractivity contribution is 7.47. The summed E-state index contributed by atoms with van der Waals surface area (Å²) < 4.78 is 61.2. The van der Waals surface area contributed by atoms with Crippen molar-refractivity contribution in [3.8, 4) is 0 Å². The van der Waals surface area contributed by atoms with Crippen LogP contribution >= 0.6 is 15.6 Å². The van der Waals surface area contributed by atoms with Crippen molar-refractivity contribution in [3.05, 3.63) is 146 Å². The van der Waals surface area contributed by atoms with E-state index in [1.165, 1.54) is 128 Å². The lowest BCUT2D eigenvalue weighted by molar-refractivity contribution is -0.161. The van der Waals surface area contributed by atoms with E-state index in [4.69, 9.17) is 32.3 Å². The lowest BCUT2D eigenvalue weighted by Crippen LogP contribution is -2.30. The van der Waals surface area contributed by atoms with E-state index >= 15 is 0 Å². The molecule has 0 saturated carbocycles. The topological polar surface area (TPSA) is 231 Å². The van der Waals surface area contributed by atoms with Crippen LogP contribution in [0, 0.1) is 0 Å². The number of ether oxygens (including phenoxy) is 3. The summed E-state index contributed by atoms with van der Waals surface area (Å²) >= 11 is 0. The second-order valence-corrected chi connectivity index (χ2v) is 31.5. The molecule has 18 heteroatoms. The Morgan fingerprint density at radius 3 is 0.807 bits per heavy atom. The normalized spacial score (nSPS) is 14.6. The zero-order valence-electron chi connectivity index (χ0n) is 68.7. The Balaban J connectivity index is 4.44. The molecular formula is C91H156O16P2. The van der Waals surface area contributed by atoms with Crippen LogP contribution in [0.15, 0.2) is 146 Å². The largest absolute Gasteiger partial charge is 0.472 e. The van der Waals surface area contributed by atoms with Gasteiger partial charge < -0.3 is 34.2 Å². The van der Waals surface area contributed by atoms with Crippen molar-refractivity contribution in [2.24, 2.45) is 0 Å². The summed E-state index contributed by atoms with van der Waals surface area (Å²) in [5, 5.41) is 20.7. The van der Waals surface area contributed by atoms with E-state index in [1.54, 1.807) is 0 Å². The maximum absolute atomic E-state index is 13.0. The van der Waals surface area contributed by atoms with Crippen LogP contribution in [0.5, 0.6) is 0 Å². The maximum atomic E-state index is 13.0. The molecule has 4 N–H and O–H groups in total. The van der Waals surface area contributed by atoms with Crippen LogP contribution in [0.4, 0.5) is 0 Å². The Kier molecular flexibility index (Phi) is 79.4. The standard InChI is InChI=1S/C91H156O16P2/c1-4-7-10-13-16-19-22-25-27-29-31-33-35-37-39-40-41-42-43-44-46-48-49-51-53-55-57-60-62-65-68-71-74-77-89(94)101-80-86(92)81-103-108(97,98)104-82-87(93)83-105-109(99,100)106-85-88(107-91(96)79-76-73-70-67-64-59-24-21-18-15-12-9-6-3)84-102-90(95)78-75-72-69-66-63-61-58-56-54-52-50-47-45-38-36-34-32-30-28-26-23-20-17-14-11-8-5-2/h8,11-12,15-17,19-21,24-28,31-34,37-39,45,50,52,86-88,92-93H,4-7,9-10,13-14,18,22-23,29-30,35-36,40-44,46-49,51,53-85H2,1-3H3,(H,97,98)(H,99,100)/b11-8-,15-12-,19-16-,20-17-,24-21-,27-25-,28-26-,33-31-,34-32-,39-37-,45-38-,52-50-. The smallest absolute Gasteiger partial charge is 0.463 e. The molecule has 0 aromatic heterocycles. The average molecular weight is 1570 g/mol. The average Bonchev–Trinajstić information content (AvgIpc) is 0.906. The number of phosphoric ester groups is 2. The van der Waals surface area contributed by atoms with Crippen LogP contribution in [0.2, 0.25) is 0 Å². The molecule has 109 heavy (non-hydrogen) atoms. The van der Waals surface area contributed by atoms with Gasteiger partial charge in [0.1, 0.15) is 25.4 Å². The third-order valence-corrected chi connectivity index (χ3v) is 19.9. The number of carbonyl (C=O) groups excluding carboxylic acids is 3. The molecule has 5 unspecified atom stereocenters. The molecule has 0 saturated heterocycles. The number of aliphatic hydroxyl groups is 2. The van der Waals surface area contributed by atoms with Crippen molar-refractivity contribution in [1.82, 2.24) is 0 Å². The van der Waals surface area contributed by atoms with Crippen LogP contribution in [0.1, 0.15) is 355 Å². The van der Waals surface area contributed by atoms with Gasteiger partial charge in [0.05, 0.1) is 26.4 Å². The molecule has 0 aromatic carbocycles. The monoisotopic (exact) mass is 1570 g/mol. The van der Waals surface area contributed by atoms with Gasteiger partial charge in [-0.3, -0.25) is 32.5 Å². The first-order valence-electron chi connectivity index (χ1n) is 43.1. The number of rotatable bonds is 81. The Morgan fingerprint density at radius 2 is 0.505 bits per heavy atom. The Labute approximate surface area is 664 Å². The molecule has 5 atom stereocenters. The fourth-order valence-corrected chi connectivity index (χ4v) is 13.1. The van der Waals surface area contributed by atoms with Crippen molar-refractivity contribution < 1.29 is 75.8 Å². The first-order chi connectivity index (χ1) is 53.2. The van der Waals surface area contributed by atoms with Crippen molar-refractivity contribution >= 4 is 33.6 Å². The van der Waals surface area contributed by atoms with E-state index in [-0.39, 0.29) is 19.3 Å². The first kappa shape index (κ1) is 104. The number of aliphatic hydroxyl groups excluding tert-OH is 2. The molecule has 16 nitrogen and oxygen atoms in total. The molecule has 0 rings (SSSR count). The predicted octanol–water partition coefficient (Wildman–Crippen LogP) is 26.0. The molecule has 0 bridgehead atoms. The van der Waals surface area contributed by atoms with Crippen LogP contribution in [-0.2, 0) is 55.8 Å². The van der Waals surface area contributed by atoms with E-state index in [1.807, 2.05) is 0 Å². The Bertz CT molecular complexity index is 2560.